The summed E-state index contributed by atoms with van der Waals surface area (Å²) in [5, 5.41) is 21.4. The predicted octanol–water partition coefficient (Wildman–Crippen LogP) is 1.88. The van der Waals surface area contributed by atoms with Crippen LogP contribution >= 0.6 is 0 Å². The van der Waals surface area contributed by atoms with Crippen LogP contribution in [-0.4, -0.2) is 25.7 Å². The van der Waals surface area contributed by atoms with Crippen molar-refractivity contribution in [3.63, 3.8) is 0 Å². The zero-order chi connectivity index (χ0) is 17.4. The number of nitrogens with one attached hydrogen (secondary N) is 1. The number of benzene rings is 1. The maximum absolute atomic E-state index is 12.2. The number of carboxylic acid groups (broad SMARTS) is 1. The molecule has 1 aromatic carbocycles. The first-order valence-corrected chi connectivity index (χ1v) is 8.68. The number of carbonyl (C=O) groups is 1. The van der Waals surface area contributed by atoms with Gasteiger partial charge in [-0.15, -0.1) is 0 Å². The number of carboxylic acids is 1. The fourth-order valence-electron chi connectivity index (χ4n) is 2.86. The van der Waals surface area contributed by atoms with Crippen molar-refractivity contribution in [2.45, 2.75) is 19.8 Å². The zero-order valence-electron chi connectivity index (χ0n) is 12.9. The van der Waals surface area contributed by atoms with E-state index in [1.807, 2.05) is 6.07 Å². The summed E-state index contributed by atoms with van der Waals surface area (Å²) in [6.45, 7) is 3.19. The number of sulfone groups is 1. The Kier molecular flexibility index (Phi) is 4.30. The van der Waals surface area contributed by atoms with E-state index >= 15 is 0 Å². The highest BCUT2D eigenvalue weighted by molar-refractivity contribution is 7.94. The van der Waals surface area contributed by atoms with Crippen molar-refractivity contribution in [1.82, 2.24) is 5.32 Å². The van der Waals surface area contributed by atoms with E-state index in [9.17, 15) is 18.3 Å². The predicted molar refractivity (Wildman–Crippen MR) is 84.9 cm³/mol. The second kappa shape index (κ2) is 5.89. The Morgan fingerprint density at radius 1 is 1.30 bits per heavy atom. The number of allylic oxidation sites excluding steroid dienone is 3. The van der Waals surface area contributed by atoms with Crippen LogP contribution in [0.1, 0.15) is 30.9 Å². The van der Waals surface area contributed by atoms with Crippen LogP contribution in [0.25, 0.3) is 0 Å². The maximum atomic E-state index is 12.2. The molecule has 6 nitrogen and oxygen atoms in total. The van der Waals surface area contributed by atoms with E-state index in [4.69, 9.17) is 5.26 Å². The first-order valence-electron chi connectivity index (χ1n) is 6.78. The molecule has 0 bridgehead atoms. The topological polar surface area (TPSA) is 107 Å². The minimum Gasteiger partial charge on any atom is -0.478 e. The van der Waals surface area contributed by atoms with Crippen LogP contribution in [0.15, 0.2) is 46.1 Å². The van der Waals surface area contributed by atoms with E-state index in [1.165, 1.54) is 6.07 Å². The van der Waals surface area contributed by atoms with Crippen molar-refractivity contribution >= 4 is 15.8 Å². The average molecular weight is 332 g/mol. The van der Waals surface area contributed by atoms with Crippen molar-refractivity contribution < 1.29 is 18.3 Å². The molecular formula is C16H16N2O4S. The standard InChI is InChI=1S/C16H16N2O4S/c1-9-13(16(19)20)14(12-6-4-5-11(7-12)8-17)15(10(2)18-9)23(3,21)22/h4-7,14,18H,1-3H3,(H,19,20). The van der Waals surface area contributed by atoms with Crippen molar-refractivity contribution in [3.8, 4) is 6.07 Å². The van der Waals surface area contributed by atoms with Crippen LogP contribution in [0.5, 0.6) is 0 Å². The fraction of sp³-hybridized carbons (Fsp3) is 0.250. The molecular weight excluding hydrogens is 316 g/mol. The average Bonchev–Trinajstić information content (AvgIpc) is 2.44. The fourth-order valence-corrected chi connectivity index (χ4v) is 4.15. The largest absolute Gasteiger partial charge is 0.478 e. The van der Waals surface area contributed by atoms with E-state index in [0.717, 1.165) is 6.26 Å². The second-order valence-electron chi connectivity index (χ2n) is 5.40. The SMILES string of the molecule is CC1=C(C(=O)O)C(c2cccc(C#N)c2)C(S(C)(=O)=O)=C(C)N1. The molecule has 1 aromatic rings. The van der Waals surface area contributed by atoms with Crippen LogP contribution in [-0.2, 0) is 14.6 Å². The van der Waals surface area contributed by atoms with Gasteiger partial charge in [-0.05, 0) is 31.5 Å². The molecule has 1 unspecified atom stereocenters. The third kappa shape index (κ3) is 3.12. The molecule has 0 saturated carbocycles. The van der Waals surface area contributed by atoms with Crippen molar-refractivity contribution in [2.24, 2.45) is 0 Å². The number of nitrogens with zero attached hydrogens (tertiary/aromatic N) is 1. The van der Waals surface area contributed by atoms with Gasteiger partial charge in [-0.2, -0.15) is 5.26 Å². The molecule has 1 heterocycles. The van der Waals surface area contributed by atoms with Gasteiger partial charge >= 0.3 is 5.97 Å². The normalized spacial score (nSPS) is 18.4. The Morgan fingerprint density at radius 3 is 2.48 bits per heavy atom. The van der Waals surface area contributed by atoms with Crippen molar-refractivity contribution in [3.05, 3.63) is 57.3 Å². The molecule has 120 valence electrons. The van der Waals surface area contributed by atoms with E-state index in [0.29, 0.717) is 22.5 Å². The van der Waals surface area contributed by atoms with Gasteiger partial charge < -0.3 is 10.4 Å². The van der Waals surface area contributed by atoms with E-state index in [-0.39, 0.29) is 10.5 Å². The smallest absolute Gasteiger partial charge is 0.334 e. The quantitative estimate of drug-likeness (QED) is 0.875. The summed E-state index contributed by atoms with van der Waals surface area (Å²) in [6.07, 6.45) is 1.05. The Hall–Kier alpha value is -2.59. The summed E-state index contributed by atoms with van der Waals surface area (Å²) in [5.74, 6) is -2.15. The van der Waals surface area contributed by atoms with Gasteiger partial charge in [-0.1, -0.05) is 12.1 Å². The lowest BCUT2D eigenvalue weighted by molar-refractivity contribution is -0.133. The summed E-state index contributed by atoms with van der Waals surface area (Å²) in [7, 11) is -3.65. The van der Waals surface area contributed by atoms with E-state index in [1.54, 1.807) is 32.0 Å². The molecule has 0 radical (unpaired) electrons. The van der Waals surface area contributed by atoms with Crippen LogP contribution in [0.2, 0.25) is 0 Å². The van der Waals surface area contributed by atoms with Gasteiger partial charge in [0.15, 0.2) is 9.84 Å². The van der Waals surface area contributed by atoms with Gasteiger partial charge in [0.25, 0.3) is 0 Å². The second-order valence-corrected chi connectivity index (χ2v) is 7.38. The molecule has 1 atom stereocenters. The van der Waals surface area contributed by atoms with Crippen molar-refractivity contribution in [1.29, 1.82) is 5.26 Å². The summed E-state index contributed by atoms with van der Waals surface area (Å²) < 4.78 is 24.5. The molecule has 2 rings (SSSR count). The molecule has 2 N–H and O–H groups in total. The Labute approximate surface area is 134 Å². The zero-order valence-corrected chi connectivity index (χ0v) is 13.7. The molecule has 0 aromatic heterocycles. The van der Waals surface area contributed by atoms with E-state index in [2.05, 4.69) is 5.32 Å². The first-order chi connectivity index (χ1) is 10.7. The monoisotopic (exact) mass is 332 g/mol. The number of nitriles is 1. The van der Waals surface area contributed by atoms with Gasteiger partial charge in [0.1, 0.15) is 0 Å². The van der Waals surface area contributed by atoms with Gasteiger partial charge in [0.05, 0.1) is 28.0 Å². The highest BCUT2D eigenvalue weighted by atomic mass is 32.2. The van der Waals surface area contributed by atoms with Crippen LogP contribution in [0.4, 0.5) is 0 Å². The van der Waals surface area contributed by atoms with E-state index < -0.39 is 21.7 Å². The van der Waals surface area contributed by atoms with Crippen LogP contribution in [0.3, 0.4) is 0 Å². The van der Waals surface area contributed by atoms with Gasteiger partial charge in [-0.25, -0.2) is 13.2 Å². The Balaban J connectivity index is 2.80. The van der Waals surface area contributed by atoms with Crippen molar-refractivity contribution in [2.75, 3.05) is 6.26 Å². The minimum atomic E-state index is -3.65. The molecule has 0 spiro atoms. The third-order valence-corrected chi connectivity index (χ3v) is 5.02. The number of dihydropyridines is 1. The van der Waals surface area contributed by atoms with Gasteiger partial charge in [0, 0.05) is 17.6 Å². The third-order valence-electron chi connectivity index (χ3n) is 3.68. The summed E-state index contributed by atoms with van der Waals surface area (Å²) in [4.78, 5) is 11.7. The number of hydrogen-bond donors (Lipinski definition) is 2. The van der Waals surface area contributed by atoms with Crippen LogP contribution < -0.4 is 5.32 Å². The van der Waals surface area contributed by atoms with Crippen LogP contribution in [0, 0.1) is 11.3 Å². The molecule has 0 saturated heterocycles. The lowest BCUT2D eigenvalue weighted by atomic mass is 9.86. The summed E-state index contributed by atoms with van der Waals surface area (Å²) >= 11 is 0. The molecule has 1 aliphatic heterocycles. The molecule has 0 amide bonds. The maximum Gasteiger partial charge on any atom is 0.334 e. The molecule has 0 aliphatic carbocycles. The lowest BCUT2D eigenvalue weighted by Crippen LogP contribution is -2.30. The first kappa shape index (κ1) is 16.8. The molecule has 23 heavy (non-hydrogen) atoms. The Morgan fingerprint density at radius 2 is 1.96 bits per heavy atom. The minimum absolute atomic E-state index is 0.00981. The number of hydrogen-bond acceptors (Lipinski definition) is 5. The molecule has 0 fully saturated rings. The highest BCUT2D eigenvalue weighted by Gasteiger charge is 2.37. The lowest BCUT2D eigenvalue weighted by Gasteiger charge is -2.29. The molecule has 1 aliphatic rings. The Bertz CT molecular complexity index is 889. The summed E-state index contributed by atoms with van der Waals surface area (Å²) in [6, 6.07) is 8.32. The summed E-state index contributed by atoms with van der Waals surface area (Å²) in [5.41, 5.74) is 1.54. The number of rotatable bonds is 3. The molecule has 7 heteroatoms. The van der Waals surface area contributed by atoms with Gasteiger partial charge in [0.2, 0.25) is 0 Å². The highest BCUT2D eigenvalue weighted by Crippen LogP contribution is 2.40. The van der Waals surface area contributed by atoms with Gasteiger partial charge in [-0.3, -0.25) is 0 Å². The number of aliphatic carboxylic acids is 1.